The summed E-state index contributed by atoms with van der Waals surface area (Å²) < 4.78 is 29.7. The molecule has 2 aliphatic rings. The van der Waals surface area contributed by atoms with Crippen molar-refractivity contribution in [2.45, 2.75) is 25.3 Å². The molecule has 0 N–H and O–H groups in total. The SMILES string of the molecule is FC1(F)CCN(Cc2cccs2)C[C@@]12CCN(c1cccnc1)C2. The van der Waals surface area contributed by atoms with Crippen LogP contribution in [0.2, 0.25) is 0 Å². The average molecular weight is 349 g/mol. The van der Waals surface area contributed by atoms with Gasteiger partial charge in [-0.05, 0) is 30.0 Å². The van der Waals surface area contributed by atoms with Crippen LogP contribution < -0.4 is 4.90 Å². The third kappa shape index (κ3) is 2.82. The van der Waals surface area contributed by atoms with E-state index in [0.29, 0.717) is 32.6 Å². The fourth-order valence-electron chi connectivity index (χ4n) is 4.01. The minimum Gasteiger partial charge on any atom is -0.369 e. The maximum absolute atomic E-state index is 14.8. The highest BCUT2D eigenvalue weighted by Gasteiger charge is 2.59. The highest BCUT2D eigenvalue weighted by Crippen LogP contribution is 2.50. The van der Waals surface area contributed by atoms with Gasteiger partial charge in [-0.1, -0.05) is 6.07 Å². The van der Waals surface area contributed by atoms with E-state index in [-0.39, 0.29) is 6.42 Å². The largest absolute Gasteiger partial charge is 0.369 e. The van der Waals surface area contributed by atoms with E-state index in [1.165, 1.54) is 4.88 Å². The lowest BCUT2D eigenvalue weighted by Crippen LogP contribution is -2.56. The molecule has 2 fully saturated rings. The quantitative estimate of drug-likeness (QED) is 0.838. The minimum atomic E-state index is -2.60. The monoisotopic (exact) mass is 349 g/mol. The van der Waals surface area contributed by atoms with Crippen LogP contribution in [0.25, 0.3) is 0 Å². The van der Waals surface area contributed by atoms with Crippen molar-refractivity contribution < 1.29 is 8.78 Å². The molecule has 2 aromatic rings. The Morgan fingerprint density at radius 3 is 2.79 bits per heavy atom. The second-order valence-corrected chi connectivity index (χ2v) is 7.94. The van der Waals surface area contributed by atoms with Crippen LogP contribution in [0, 0.1) is 5.41 Å². The van der Waals surface area contributed by atoms with Crippen LogP contribution in [0.4, 0.5) is 14.5 Å². The van der Waals surface area contributed by atoms with Crippen molar-refractivity contribution in [3.8, 4) is 0 Å². The molecule has 2 aromatic heterocycles. The van der Waals surface area contributed by atoms with Gasteiger partial charge in [-0.25, -0.2) is 8.78 Å². The summed E-state index contributed by atoms with van der Waals surface area (Å²) in [5.41, 5.74) is -0.00112. The van der Waals surface area contributed by atoms with Gasteiger partial charge in [-0.15, -0.1) is 11.3 Å². The molecule has 0 saturated carbocycles. The van der Waals surface area contributed by atoms with Crippen molar-refractivity contribution in [2.24, 2.45) is 5.41 Å². The Morgan fingerprint density at radius 1 is 1.12 bits per heavy atom. The first-order valence-corrected chi connectivity index (χ1v) is 9.24. The first-order valence-electron chi connectivity index (χ1n) is 8.36. The summed E-state index contributed by atoms with van der Waals surface area (Å²) in [7, 11) is 0. The number of hydrogen-bond acceptors (Lipinski definition) is 4. The Kier molecular flexibility index (Phi) is 4.04. The molecule has 128 valence electrons. The molecule has 0 bridgehead atoms. The molecule has 2 saturated heterocycles. The number of hydrogen-bond donors (Lipinski definition) is 0. The summed E-state index contributed by atoms with van der Waals surface area (Å²) in [6.45, 7) is 2.80. The van der Waals surface area contributed by atoms with Crippen molar-refractivity contribution in [3.05, 3.63) is 46.9 Å². The number of nitrogens with zero attached hydrogens (tertiary/aromatic N) is 3. The van der Waals surface area contributed by atoms with E-state index in [1.807, 2.05) is 23.6 Å². The van der Waals surface area contributed by atoms with Crippen molar-refractivity contribution >= 4 is 17.0 Å². The van der Waals surface area contributed by atoms with Gasteiger partial charge in [0.05, 0.1) is 17.3 Å². The fraction of sp³-hybridized carbons (Fsp3) is 0.500. The lowest BCUT2D eigenvalue weighted by Gasteiger charge is -2.46. The van der Waals surface area contributed by atoms with Crippen molar-refractivity contribution in [1.82, 2.24) is 9.88 Å². The van der Waals surface area contributed by atoms with Crippen LogP contribution in [0.3, 0.4) is 0 Å². The van der Waals surface area contributed by atoms with Crippen molar-refractivity contribution in [3.63, 3.8) is 0 Å². The van der Waals surface area contributed by atoms with E-state index in [4.69, 9.17) is 0 Å². The molecule has 2 aliphatic heterocycles. The maximum Gasteiger partial charge on any atom is 0.257 e. The number of piperidine rings is 1. The molecular formula is C18H21F2N3S. The van der Waals surface area contributed by atoms with Crippen LogP contribution >= 0.6 is 11.3 Å². The second-order valence-electron chi connectivity index (χ2n) is 6.91. The van der Waals surface area contributed by atoms with Gasteiger partial charge in [-0.3, -0.25) is 9.88 Å². The number of pyridine rings is 1. The van der Waals surface area contributed by atoms with Crippen molar-refractivity contribution in [1.29, 1.82) is 0 Å². The zero-order valence-electron chi connectivity index (χ0n) is 13.5. The third-order valence-electron chi connectivity index (χ3n) is 5.37. The normalized spacial score (nSPS) is 27.0. The highest BCUT2D eigenvalue weighted by atomic mass is 32.1. The Morgan fingerprint density at radius 2 is 2.04 bits per heavy atom. The Bertz CT molecular complexity index is 677. The molecule has 1 atom stereocenters. The summed E-state index contributed by atoms with van der Waals surface area (Å²) in [4.78, 5) is 9.64. The van der Waals surface area contributed by atoms with E-state index in [2.05, 4.69) is 20.9 Å². The predicted octanol–water partition coefficient (Wildman–Crippen LogP) is 3.88. The topological polar surface area (TPSA) is 19.4 Å². The van der Waals surface area contributed by atoms with Gasteiger partial charge >= 0.3 is 0 Å². The minimum absolute atomic E-state index is 0.0424. The van der Waals surface area contributed by atoms with E-state index in [1.54, 1.807) is 23.7 Å². The zero-order chi connectivity index (χ0) is 16.6. The first kappa shape index (κ1) is 16.0. The van der Waals surface area contributed by atoms with Gasteiger partial charge in [0.15, 0.2) is 0 Å². The van der Waals surface area contributed by atoms with Crippen LogP contribution in [0.1, 0.15) is 17.7 Å². The van der Waals surface area contributed by atoms with Crippen molar-refractivity contribution in [2.75, 3.05) is 31.1 Å². The van der Waals surface area contributed by atoms with Gasteiger partial charge in [0.1, 0.15) is 0 Å². The molecule has 4 rings (SSSR count). The standard InChI is InChI=1S/C18H21F2N3S/c19-18(20)6-8-22(12-16-4-2-10-24-16)13-17(18)5-9-23(14-17)15-3-1-7-21-11-15/h1-4,7,10-11H,5-6,8-9,12-14H2/t17-/m1/s1. The van der Waals surface area contributed by atoms with E-state index >= 15 is 0 Å². The molecule has 6 heteroatoms. The molecule has 4 heterocycles. The number of likely N-dealkylation sites (tertiary alicyclic amines) is 1. The number of anilines is 1. The predicted molar refractivity (Wildman–Crippen MR) is 92.7 cm³/mol. The van der Waals surface area contributed by atoms with Gasteiger partial charge in [0, 0.05) is 50.2 Å². The number of alkyl halides is 2. The summed E-state index contributed by atoms with van der Waals surface area (Å²) in [6, 6.07) is 7.92. The molecule has 24 heavy (non-hydrogen) atoms. The molecule has 0 radical (unpaired) electrons. The number of thiophene rings is 1. The number of aromatic nitrogens is 1. The lowest BCUT2D eigenvalue weighted by molar-refractivity contribution is -0.158. The molecule has 1 spiro atoms. The summed E-state index contributed by atoms with van der Waals surface area (Å²) in [5, 5.41) is 2.04. The molecule has 3 nitrogen and oxygen atoms in total. The smallest absolute Gasteiger partial charge is 0.257 e. The lowest BCUT2D eigenvalue weighted by atomic mass is 9.75. The average Bonchev–Trinajstić information content (AvgIpc) is 3.23. The molecule has 0 unspecified atom stereocenters. The number of rotatable bonds is 3. The van der Waals surface area contributed by atoms with Crippen LogP contribution in [-0.4, -0.2) is 42.0 Å². The van der Waals surface area contributed by atoms with Crippen LogP contribution in [0.5, 0.6) is 0 Å². The molecule has 0 aliphatic carbocycles. The van der Waals surface area contributed by atoms with Crippen LogP contribution in [-0.2, 0) is 6.54 Å². The fourth-order valence-corrected chi connectivity index (χ4v) is 4.75. The van der Waals surface area contributed by atoms with E-state index in [9.17, 15) is 8.78 Å². The highest BCUT2D eigenvalue weighted by molar-refractivity contribution is 7.09. The zero-order valence-corrected chi connectivity index (χ0v) is 14.3. The third-order valence-corrected chi connectivity index (χ3v) is 6.23. The molecule has 0 amide bonds. The van der Waals surface area contributed by atoms with E-state index in [0.717, 1.165) is 12.2 Å². The second kappa shape index (κ2) is 6.08. The van der Waals surface area contributed by atoms with Gasteiger partial charge < -0.3 is 4.90 Å². The van der Waals surface area contributed by atoms with Gasteiger partial charge in [0.2, 0.25) is 0 Å². The number of halogens is 2. The molecule has 0 aromatic carbocycles. The van der Waals surface area contributed by atoms with E-state index < -0.39 is 11.3 Å². The molecular weight excluding hydrogens is 328 g/mol. The van der Waals surface area contributed by atoms with Gasteiger partial charge in [0.25, 0.3) is 5.92 Å². The van der Waals surface area contributed by atoms with Crippen LogP contribution in [0.15, 0.2) is 42.0 Å². The summed E-state index contributed by atoms with van der Waals surface area (Å²) in [6.07, 6.45) is 3.98. The van der Waals surface area contributed by atoms with Gasteiger partial charge in [-0.2, -0.15) is 0 Å². The summed E-state index contributed by atoms with van der Waals surface area (Å²) in [5.74, 6) is -2.60. The maximum atomic E-state index is 14.8. The summed E-state index contributed by atoms with van der Waals surface area (Å²) >= 11 is 1.70. The first-order chi connectivity index (χ1) is 11.6. The Labute approximate surface area is 144 Å². The Hall–Kier alpha value is -1.53. The Balaban J connectivity index is 1.53.